The molecule has 3 rings (SSSR count). The number of hydrogen-bond donors (Lipinski definition) is 1. The Morgan fingerprint density at radius 2 is 2.19 bits per heavy atom. The molecular weight excluding hydrogens is 364 g/mol. The number of phenolic OH excluding ortho intramolecular Hbond substituents is 1. The number of aliphatic imine (C=N–C) groups is 1. The summed E-state index contributed by atoms with van der Waals surface area (Å²) >= 11 is 1.51. The van der Waals surface area contributed by atoms with Crippen LogP contribution in [0.3, 0.4) is 0 Å². The fourth-order valence-corrected chi connectivity index (χ4v) is 4.30. The molecule has 0 saturated heterocycles. The summed E-state index contributed by atoms with van der Waals surface area (Å²) < 4.78 is 10.6. The van der Waals surface area contributed by atoms with E-state index in [1.165, 1.54) is 11.3 Å². The van der Waals surface area contributed by atoms with Crippen LogP contribution in [0.5, 0.6) is 11.5 Å². The second-order valence-corrected chi connectivity index (χ2v) is 7.39. The monoisotopic (exact) mass is 388 g/mol. The van der Waals surface area contributed by atoms with E-state index >= 15 is 0 Å². The Morgan fingerprint density at radius 1 is 1.37 bits per heavy atom. The van der Waals surface area contributed by atoms with Crippen LogP contribution in [0.1, 0.15) is 40.2 Å². The highest BCUT2D eigenvalue weighted by Crippen LogP contribution is 2.39. The number of aromatic hydroxyl groups is 1. The third-order valence-corrected chi connectivity index (χ3v) is 5.47. The number of benzene rings is 1. The topological polar surface area (TPSA) is 71.4 Å². The Balaban J connectivity index is 1.94. The molecule has 0 unspecified atom stereocenters. The summed E-state index contributed by atoms with van der Waals surface area (Å²) in [5.41, 5.74) is 2.17. The molecule has 1 N–H and O–H groups in total. The van der Waals surface area contributed by atoms with E-state index in [2.05, 4.69) is 16.9 Å². The van der Waals surface area contributed by atoms with E-state index in [4.69, 9.17) is 9.47 Å². The van der Waals surface area contributed by atoms with Crippen LogP contribution in [0, 0.1) is 0 Å². The van der Waals surface area contributed by atoms with Crippen LogP contribution in [0.2, 0.25) is 0 Å². The molecule has 0 saturated carbocycles. The molecule has 1 aliphatic rings. The Morgan fingerprint density at radius 3 is 2.89 bits per heavy atom. The Labute approximate surface area is 163 Å². The van der Waals surface area contributed by atoms with Crippen LogP contribution < -0.4 is 4.74 Å². The van der Waals surface area contributed by atoms with E-state index < -0.39 is 0 Å². The van der Waals surface area contributed by atoms with Crippen LogP contribution in [0.25, 0.3) is 0 Å². The van der Waals surface area contributed by atoms with Gasteiger partial charge in [0.25, 0.3) is 0 Å². The summed E-state index contributed by atoms with van der Waals surface area (Å²) in [5, 5.41) is 10.8. The summed E-state index contributed by atoms with van der Waals surface area (Å²) in [6, 6.07) is 5.09. The second-order valence-electron chi connectivity index (χ2n) is 6.30. The minimum atomic E-state index is -0.331. The molecule has 0 fully saturated rings. The molecule has 2 aromatic rings. The van der Waals surface area contributed by atoms with E-state index in [1.54, 1.807) is 31.3 Å². The molecule has 144 valence electrons. The number of phenols is 1. The Bertz CT molecular complexity index is 860. The highest BCUT2D eigenvalue weighted by Gasteiger charge is 2.27. The number of carbonyl (C=O) groups excluding carboxylic acids is 1. The number of fused-ring (bicyclic) bond motifs is 1. The molecule has 1 aliphatic heterocycles. The highest BCUT2D eigenvalue weighted by atomic mass is 32.1. The largest absolute Gasteiger partial charge is 0.507 e. The van der Waals surface area contributed by atoms with Crippen molar-refractivity contribution in [3.05, 3.63) is 39.8 Å². The molecule has 2 heterocycles. The maximum Gasteiger partial charge on any atom is 0.341 e. The average molecular weight is 388 g/mol. The molecule has 6 nitrogen and oxygen atoms in total. The van der Waals surface area contributed by atoms with Gasteiger partial charge in [0.05, 0.1) is 18.8 Å². The van der Waals surface area contributed by atoms with Crippen molar-refractivity contribution in [3.8, 4) is 11.5 Å². The fourth-order valence-electron chi connectivity index (χ4n) is 3.04. The minimum Gasteiger partial charge on any atom is -0.507 e. The van der Waals surface area contributed by atoms with Crippen LogP contribution in [0.15, 0.2) is 23.2 Å². The smallest absolute Gasteiger partial charge is 0.341 e. The van der Waals surface area contributed by atoms with E-state index in [-0.39, 0.29) is 11.7 Å². The summed E-state index contributed by atoms with van der Waals surface area (Å²) in [4.78, 5) is 20.4. The number of rotatable bonds is 6. The quantitative estimate of drug-likeness (QED) is 0.602. The summed E-state index contributed by atoms with van der Waals surface area (Å²) in [6.45, 7) is 6.25. The zero-order valence-corrected chi connectivity index (χ0v) is 16.6. The van der Waals surface area contributed by atoms with Gasteiger partial charge in [-0.25, -0.2) is 9.79 Å². The van der Waals surface area contributed by atoms with E-state index in [0.29, 0.717) is 35.1 Å². The van der Waals surface area contributed by atoms with Gasteiger partial charge in [0.15, 0.2) is 0 Å². The fraction of sp³-hybridized carbons (Fsp3) is 0.400. The van der Waals surface area contributed by atoms with Gasteiger partial charge in [-0.05, 0) is 45.0 Å². The van der Waals surface area contributed by atoms with Crippen LogP contribution in [-0.4, -0.2) is 49.0 Å². The molecule has 0 spiro atoms. The summed E-state index contributed by atoms with van der Waals surface area (Å²) in [7, 11) is 2.06. The highest BCUT2D eigenvalue weighted by molar-refractivity contribution is 7.16. The van der Waals surface area contributed by atoms with Gasteiger partial charge < -0.3 is 19.5 Å². The lowest BCUT2D eigenvalue weighted by Gasteiger charge is -2.22. The van der Waals surface area contributed by atoms with Crippen LogP contribution in [-0.2, 0) is 17.7 Å². The van der Waals surface area contributed by atoms with Crippen molar-refractivity contribution >= 4 is 28.5 Å². The SMILES string of the molecule is CCOC(=O)c1c(N=Cc2ccc(OCC)cc2O)sc2c1CCN(C)C2. The van der Waals surface area contributed by atoms with Gasteiger partial charge in [0.1, 0.15) is 16.5 Å². The Kier molecular flexibility index (Phi) is 6.13. The molecule has 7 heteroatoms. The molecule has 27 heavy (non-hydrogen) atoms. The first kappa shape index (κ1) is 19.4. The third-order valence-electron chi connectivity index (χ3n) is 4.34. The number of thiophene rings is 1. The van der Waals surface area contributed by atoms with Gasteiger partial charge in [-0.1, -0.05) is 0 Å². The van der Waals surface area contributed by atoms with Crippen molar-refractivity contribution in [2.24, 2.45) is 4.99 Å². The van der Waals surface area contributed by atoms with Gasteiger partial charge in [-0.15, -0.1) is 11.3 Å². The summed E-state index contributed by atoms with van der Waals surface area (Å²) in [6.07, 6.45) is 2.38. The summed E-state index contributed by atoms with van der Waals surface area (Å²) in [5.74, 6) is 0.361. The first-order valence-corrected chi connectivity index (χ1v) is 9.85. The first-order valence-electron chi connectivity index (χ1n) is 9.03. The maximum atomic E-state index is 12.5. The predicted octanol–water partition coefficient (Wildman–Crippen LogP) is 3.77. The van der Waals surface area contributed by atoms with E-state index in [0.717, 1.165) is 30.0 Å². The molecule has 0 radical (unpaired) electrons. The zero-order chi connectivity index (χ0) is 19.4. The minimum absolute atomic E-state index is 0.0865. The van der Waals surface area contributed by atoms with E-state index in [1.807, 2.05) is 6.92 Å². The van der Waals surface area contributed by atoms with E-state index in [9.17, 15) is 9.90 Å². The molecule has 1 aromatic heterocycles. The number of esters is 1. The number of nitrogens with zero attached hydrogens (tertiary/aromatic N) is 2. The predicted molar refractivity (Wildman–Crippen MR) is 107 cm³/mol. The lowest BCUT2D eigenvalue weighted by molar-refractivity contribution is 0.0526. The number of carbonyl (C=O) groups is 1. The van der Waals surface area contributed by atoms with Gasteiger partial charge in [0.2, 0.25) is 0 Å². The van der Waals surface area contributed by atoms with Gasteiger partial charge >= 0.3 is 5.97 Å². The van der Waals surface area contributed by atoms with Crippen molar-refractivity contribution < 1.29 is 19.4 Å². The number of ether oxygens (including phenoxy) is 2. The van der Waals surface area contributed by atoms with Crippen LogP contribution in [0.4, 0.5) is 5.00 Å². The van der Waals surface area contributed by atoms with Crippen molar-refractivity contribution in [2.45, 2.75) is 26.8 Å². The lowest BCUT2D eigenvalue weighted by atomic mass is 10.0. The second kappa shape index (κ2) is 8.54. The third kappa shape index (κ3) is 4.31. The molecule has 0 bridgehead atoms. The van der Waals surface area contributed by atoms with Gasteiger partial charge in [0, 0.05) is 35.8 Å². The van der Waals surface area contributed by atoms with Crippen molar-refractivity contribution in [3.63, 3.8) is 0 Å². The number of hydrogen-bond acceptors (Lipinski definition) is 7. The lowest BCUT2D eigenvalue weighted by Crippen LogP contribution is -2.26. The zero-order valence-electron chi connectivity index (χ0n) is 15.8. The standard InChI is InChI=1S/C20H24N2O4S/c1-4-25-14-7-6-13(16(23)10-14)11-21-19-18(20(24)26-5-2)15-8-9-22(3)12-17(15)27-19/h6-7,10-11,23H,4-5,8-9,12H2,1-3H3. The molecule has 0 amide bonds. The van der Waals surface area contributed by atoms with Crippen LogP contribution >= 0.6 is 11.3 Å². The normalized spacial score (nSPS) is 14.3. The van der Waals surface area contributed by atoms with Crippen molar-refractivity contribution in [2.75, 3.05) is 26.8 Å². The molecule has 0 aliphatic carbocycles. The van der Waals surface area contributed by atoms with Gasteiger partial charge in [-0.2, -0.15) is 0 Å². The van der Waals surface area contributed by atoms with Gasteiger partial charge in [-0.3, -0.25) is 0 Å². The average Bonchev–Trinajstić information content (AvgIpc) is 2.99. The van der Waals surface area contributed by atoms with Crippen molar-refractivity contribution in [1.82, 2.24) is 4.90 Å². The first-order chi connectivity index (χ1) is 13.0. The maximum absolute atomic E-state index is 12.5. The van der Waals surface area contributed by atoms with Crippen molar-refractivity contribution in [1.29, 1.82) is 0 Å². The number of likely N-dealkylation sites (N-methyl/N-ethyl adjacent to an activating group) is 1. The Hall–Kier alpha value is -2.38. The molecular formula is C20H24N2O4S. The molecule has 1 aromatic carbocycles. The molecule has 0 atom stereocenters.